The molecule has 132 valence electrons. The molecule has 2 N–H and O–H groups in total. The number of anilines is 2. The summed E-state index contributed by atoms with van der Waals surface area (Å²) in [7, 11) is 5.45. The summed E-state index contributed by atoms with van der Waals surface area (Å²) in [5.74, 6) is -0.716. The lowest BCUT2D eigenvalue weighted by molar-refractivity contribution is 0.0932. The molecule has 1 aromatic heterocycles. The Morgan fingerprint density at radius 1 is 1.04 bits per heavy atom. The highest BCUT2D eigenvalue weighted by Gasteiger charge is 2.12. The van der Waals surface area contributed by atoms with Crippen LogP contribution in [-0.4, -0.2) is 51.2 Å². The summed E-state index contributed by atoms with van der Waals surface area (Å²) in [5, 5.41) is 5.44. The number of methoxy groups -OCH3 is 1. The van der Waals surface area contributed by atoms with E-state index in [4.69, 9.17) is 4.74 Å². The Morgan fingerprint density at radius 3 is 2.28 bits per heavy atom. The lowest BCUT2D eigenvalue weighted by Gasteiger charge is -2.13. The smallest absolute Gasteiger partial charge is 0.274 e. The molecule has 7 heteroatoms. The van der Waals surface area contributed by atoms with Crippen LogP contribution in [-0.2, 0) is 4.74 Å². The number of rotatable bonds is 7. The molecule has 0 aliphatic carbocycles. The van der Waals surface area contributed by atoms with Gasteiger partial charge >= 0.3 is 0 Å². The number of nitrogens with zero attached hydrogens (tertiary/aromatic N) is 2. The van der Waals surface area contributed by atoms with Gasteiger partial charge in [-0.05, 0) is 36.4 Å². The maximum atomic E-state index is 12.3. The zero-order valence-corrected chi connectivity index (χ0v) is 14.6. The fourth-order valence-corrected chi connectivity index (χ4v) is 2.08. The number of pyridine rings is 1. The molecule has 0 bridgehead atoms. The molecule has 2 aromatic rings. The van der Waals surface area contributed by atoms with E-state index >= 15 is 0 Å². The second-order valence-corrected chi connectivity index (χ2v) is 5.55. The van der Waals surface area contributed by atoms with E-state index in [2.05, 4.69) is 15.6 Å². The minimum atomic E-state index is -0.371. The van der Waals surface area contributed by atoms with Gasteiger partial charge in [-0.1, -0.05) is 6.07 Å². The number of nitrogens with one attached hydrogen (secondary N) is 2. The van der Waals surface area contributed by atoms with Crippen LogP contribution in [0.2, 0.25) is 0 Å². The molecule has 25 heavy (non-hydrogen) atoms. The van der Waals surface area contributed by atoms with Crippen LogP contribution in [0.5, 0.6) is 0 Å². The van der Waals surface area contributed by atoms with Gasteiger partial charge in [-0.2, -0.15) is 0 Å². The summed E-state index contributed by atoms with van der Waals surface area (Å²) in [6.45, 7) is 0.792. The molecular formula is C18H22N4O3. The van der Waals surface area contributed by atoms with Gasteiger partial charge in [-0.25, -0.2) is 4.98 Å². The third kappa shape index (κ3) is 5.29. The number of hydrogen-bond donors (Lipinski definition) is 2. The fourth-order valence-electron chi connectivity index (χ4n) is 2.08. The third-order valence-corrected chi connectivity index (χ3v) is 3.45. The lowest BCUT2D eigenvalue weighted by atomic mass is 10.2. The van der Waals surface area contributed by atoms with Crippen molar-refractivity contribution in [1.82, 2.24) is 10.3 Å². The summed E-state index contributed by atoms with van der Waals surface area (Å²) in [6, 6.07) is 12.2. The van der Waals surface area contributed by atoms with Crippen molar-refractivity contribution in [2.45, 2.75) is 0 Å². The summed E-state index contributed by atoms with van der Waals surface area (Å²) in [6.07, 6.45) is 0. The SMILES string of the molecule is COCCNC(=O)c1cccc(C(=O)Nc2ccc(N(C)C)cc2)n1. The van der Waals surface area contributed by atoms with E-state index in [1.54, 1.807) is 25.3 Å². The van der Waals surface area contributed by atoms with Crippen molar-refractivity contribution in [2.24, 2.45) is 0 Å². The number of carbonyl (C=O) groups is 2. The first-order valence-corrected chi connectivity index (χ1v) is 7.84. The minimum Gasteiger partial charge on any atom is -0.383 e. The quantitative estimate of drug-likeness (QED) is 0.750. The van der Waals surface area contributed by atoms with Crippen LogP contribution in [0.25, 0.3) is 0 Å². The number of ether oxygens (including phenoxy) is 1. The van der Waals surface area contributed by atoms with Gasteiger partial charge < -0.3 is 20.3 Å². The molecule has 0 atom stereocenters. The summed E-state index contributed by atoms with van der Waals surface area (Å²) < 4.78 is 4.88. The van der Waals surface area contributed by atoms with Crippen molar-refractivity contribution in [2.75, 3.05) is 44.6 Å². The van der Waals surface area contributed by atoms with Crippen molar-refractivity contribution in [1.29, 1.82) is 0 Å². The van der Waals surface area contributed by atoms with Gasteiger partial charge in [0.2, 0.25) is 0 Å². The van der Waals surface area contributed by atoms with E-state index in [0.717, 1.165) is 5.69 Å². The summed E-state index contributed by atoms with van der Waals surface area (Å²) >= 11 is 0. The van der Waals surface area contributed by atoms with E-state index in [-0.39, 0.29) is 23.2 Å². The van der Waals surface area contributed by atoms with Gasteiger partial charge in [-0.3, -0.25) is 9.59 Å². The van der Waals surface area contributed by atoms with Crippen LogP contribution >= 0.6 is 0 Å². The normalized spacial score (nSPS) is 10.2. The molecule has 0 unspecified atom stereocenters. The molecule has 0 saturated heterocycles. The number of aromatic nitrogens is 1. The Hall–Kier alpha value is -2.93. The standard InChI is InChI=1S/C18H22N4O3/c1-22(2)14-9-7-13(8-10-14)20-18(24)16-6-4-5-15(21-16)17(23)19-11-12-25-3/h4-10H,11-12H2,1-3H3,(H,19,23)(H,20,24). The average Bonchev–Trinajstić information content (AvgIpc) is 2.62. The molecule has 1 aromatic carbocycles. The molecular weight excluding hydrogens is 320 g/mol. The van der Waals surface area contributed by atoms with E-state index < -0.39 is 0 Å². The van der Waals surface area contributed by atoms with E-state index in [9.17, 15) is 9.59 Å². The summed E-state index contributed by atoms with van der Waals surface area (Å²) in [4.78, 5) is 30.4. The molecule has 2 rings (SSSR count). The molecule has 0 aliphatic rings. The zero-order chi connectivity index (χ0) is 18.2. The number of hydrogen-bond acceptors (Lipinski definition) is 5. The lowest BCUT2D eigenvalue weighted by Crippen LogP contribution is -2.28. The van der Waals surface area contributed by atoms with Gasteiger partial charge in [0, 0.05) is 39.1 Å². The van der Waals surface area contributed by atoms with Crippen LogP contribution < -0.4 is 15.5 Å². The molecule has 2 amide bonds. The second-order valence-electron chi connectivity index (χ2n) is 5.55. The fraction of sp³-hybridized carbons (Fsp3) is 0.278. The van der Waals surface area contributed by atoms with Crippen molar-refractivity contribution in [3.8, 4) is 0 Å². The van der Waals surface area contributed by atoms with Crippen LogP contribution in [0.3, 0.4) is 0 Å². The van der Waals surface area contributed by atoms with Gasteiger partial charge in [0.05, 0.1) is 6.61 Å². The molecule has 0 saturated carbocycles. The van der Waals surface area contributed by atoms with E-state index in [0.29, 0.717) is 18.8 Å². The first-order valence-electron chi connectivity index (χ1n) is 7.84. The van der Waals surface area contributed by atoms with Gasteiger partial charge in [-0.15, -0.1) is 0 Å². The van der Waals surface area contributed by atoms with Gasteiger partial charge in [0.1, 0.15) is 11.4 Å². The van der Waals surface area contributed by atoms with Crippen molar-refractivity contribution in [3.05, 3.63) is 53.9 Å². The maximum absolute atomic E-state index is 12.3. The first-order chi connectivity index (χ1) is 12.0. The monoisotopic (exact) mass is 342 g/mol. The minimum absolute atomic E-state index is 0.177. The number of benzene rings is 1. The van der Waals surface area contributed by atoms with Crippen molar-refractivity contribution >= 4 is 23.2 Å². The third-order valence-electron chi connectivity index (χ3n) is 3.45. The predicted molar refractivity (Wildman–Crippen MR) is 97.2 cm³/mol. The number of carbonyl (C=O) groups excluding carboxylic acids is 2. The molecule has 0 fully saturated rings. The van der Waals surface area contributed by atoms with Crippen LogP contribution in [0.15, 0.2) is 42.5 Å². The Bertz CT molecular complexity index is 729. The highest BCUT2D eigenvalue weighted by Crippen LogP contribution is 2.16. The van der Waals surface area contributed by atoms with Crippen LogP contribution in [0.4, 0.5) is 11.4 Å². The highest BCUT2D eigenvalue weighted by molar-refractivity contribution is 6.03. The Labute approximate surface area is 147 Å². The van der Waals surface area contributed by atoms with Gasteiger partial charge in [0.15, 0.2) is 0 Å². The first kappa shape index (κ1) is 18.4. The largest absolute Gasteiger partial charge is 0.383 e. The van der Waals surface area contributed by atoms with Crippen molar-refractivity contribution < 1.29 is 14.3 Å². The second kappa shape index (κ2) is 8.79. The van der Waals surface area contributed by atoms with E-state index in [1.807, 2.05) is 43.3 Å². The Morgan fingerprint density at radius 2 is 1.68 bits per heavy atom. The Balaban J connectivity index is 2.04. The van der Waals surface area contributed by atoms with Crippen LogP contribution in [0, 0.1) is 0 Å². The highest BCUT2D eigenvalue weighted by atomic mass is 16.5. The molecule has 0 spiro atoms. The summed E-state index contributed by atoms with van der Waals surface area (Å²) in [5.41, 5.74) is 2.06. The molecule has 1 heterocycles. The number of amides is 2. The molecule has 0 aliphatic heterocycles. The maximum Gasteiger partial charge on any atom is 0.274 e. The predicted octanol–water partition coefficient (Wildman–Crippen LogP) is 1.78. The molecule has 7 nitrogen and oxygen atoms in total. The Kier molecular flexibility index (Phi) is 6.47. The zero-order valence-electron chi connectivity index (χ0n) is 14.6. The topological polar surface area (TPSA) is 83.6 Å². The van der Waals surface area contributed by atoms with Crippen molar-refractivity contribution in [3.63, 3.8) is 0 Å². The van der Waals surface area contributed by atoms with Crippen LogP contribution in [0.1, 0.15) is 21.0 Å². The van der Waals surface area contributed by atoms with Gasteiger partial charge in [0.25, 0.3) is 11.8 Å². The average molecular weight is 342 g/mol. The molecule has 0 radical (unpaired) electrons. The van der Waals surface area contributed by atoms with E-state index in [1.165, 1.54) is 0 Å².